The minimum atomic E-state index is -2.25. The number of rotatable bonds is 5. The number of hydrogen-bond acceptors (Lipinski definition) is 12. The molecule has 6 atom stereocenters. The van der Waals surface area contributed by atoms with Crippen LogP contribution in [0.3, 0.4) is 0 Å². The van der Waals surface area contributed by atoms with Crippen LogP contribution in [0, 0.1) is 5.92 Å². The van der Waals surface area contributed by atoms with E-state index < -0.39 is 95.7 Å². The fourth-order valence-corrected chi connectivity index (χ4v) is 5.65. The van der Waals surface area contributed by atoms with Gasteiger partial charge in [-0.25, -0.2) is 0 Å². The number of phenolic OH excluding ortho intramolecular Hbond substituents is 2. The van der Waals surface area contributed by atoms with E-state index in [0.29, 0.717) is 0 Å². The Morgan fingerprint density at radius 3 is 2.49 bits per heavy atom. The Hall–Kier alpha value is -3.39. The van der Waals surface area contributed by atoms with Gasteiger partial charge in [-0.05, 0) is 6.07 Å². The van der Waals surface area contributed by atoms with Crippen LogP contribution in [0.25, 0.3) is 0 Å². The van der Waals surface area contributed by atoms with Crippen LogP contribution in [0.15, 0.2) is 18.2 Å². The number of Topliss-reactive ketones (excluding diaryl/α,β-unsaturated/α-hetero) is 1. The number of aliphatic hydroxyl groups is 3. The van der Waals surface area contributed by atoms with Gasteiger partial charge < -0.3 is 45.5 Å². The van der Waals surface area contributed by atoms with E-state index in [2.05, 4.69) is 0 Å². The Labute approximate surface area is 222 Å². The summed E-state index contributed by atoms with van der Waals surface area (Å²) in [6.45, 7) is 0.660. The van der Waals surface area contributed by atoms with E-state index in [1.807, 2.05) is 0 Å². The number of aromatic hydroxyl groups is 2. The number of fused-ring (bicyclic) bond motifs is 3. The minimum absolute atomic E-state index is 0.0560. The van der Waals surface area contributed by atoms with Crippen LogP contribution in [0.1, 0.15) is 68.8 Å². The zero-order valence-corrected chi connectivity index (χ0v) is 21.2. The summed E-state index contributed by atoms with van der Waals surface area (Å²) in [7, 11) is 1.32. The highest BCUT2D eigenvalue weighted by Crippen LogP contribution is 2.52. The molecule has 1 heterocycles. The summed E-state index contributed by atoms with van der Waals surface area (Å²) in [6.07, 6.45) is -4.76. The topological polar surface area (TPSA) is 206 Å². The highest BCUT2D eigenvalue weighted by Gasteiger charge is 2.50. The number of ether oxygens (including phenoxy) is 3. The van der Waals surface area contributed by atoms with E-state index in [1.165, 1.54) is 25.3 Å². The van der Waals surface area contributed by atoms with Gasteiger partial charge in [-0.3, -0.25) is 14.4 Å². The van der Waals surface area contributed by atoms with Crippen molar-refractivity contribution in [3.05, 3.63) is 51.6 Å². The van der Waals surface area contributed by atoms with Crippen molar-refractivity contribution in [2.24, 2.45) is 11.7 Å². The molecule has 2 aromatic rings. The zero-order chi connectivity index (χ0) is 28.4. The standard InChI is InChI=1S/C27H29NO11/c1-10-13(28)6-17(39-26(10)35)38-15-8-27(36,16(30)9-29)7-12-19(15)25(34)21-20(23(12)32)22(31)11-4-3-5-14(37-2)18(11)24(21)33/h3-5,10,13,15,17,26,29,32,34-36H,6-9,28H2,1-2H3. The number of phenols is 2. The van der Waals surface area contributed by atoms with Gasteiger partial charge >= 0.3 is 0 Å². The van der Waals surface area contributed by atoms with Crippen molar-refractivity contribution in [3.63, 3.8) is 0 Å². The van der Waals surface area contributed by atoms with E-state index in [9.17, 15) is 39.9 Å². The van der Waals surface area contributed by atoms with Gasteiger partial charge in [-0.15, -0.1) is 0 Å². The van der Waals surface area contributed by atoms with Gasteiger partial charge in [0.25, 0.3) is 0 Å². The number of carbonyl (C=O) groups is 3. The fourth-order valence-electron chi connectivity index (χ4n) is 5.65. The van der Waals surface area contributed by atoms with Crippen molar-refractivity contribution >= 4 is 17.3 Å². The Kier molecular flexibility index (Phi) is 6.74. The van der Waals surface area contributed by atoms with E-state index in [0.717, 1.165) is 0 Å². The molecule has 2 aliphatic carbocycles. The van der Waals surface area contributed by atoms with Gasteiger partial charge in [0.05, 0.1) is 29.9 Å². The first-order chi connectivity index (χ1) is 18.4. The maximum atomic E-state index is 13.6. The van der Waals surface area contributed by atoms with E-state index in [4.69, 9.17) is 19.9 Å². The van der Waals surface area contributed by atoms with Crippen LogP contribution in [0.4, 0.5) is 0 Å². The van der Waals surface area contributed by atoms with E-state index in [-0.39, 0.29) is 34.4 Å². The van der Waals surface area contributed by atoms with E-state index >= 15 is 0 Å². The average Bonchev–Trinajstić information content (AvgIpc) is 2.90. The first-order valence-electron chi connectivity index (χ1n) is 12.4. The summed E-state index contributed by atoms with van der Waals surface area (Å²) in [5.41, 5.74) is 2.39. The molecule has 0 aromatic heterocycles. The van der Waals surface area contributed by atoms with Crippen molar-refractivity contribution < 1.29 is 54.1 Å². The maximum Gasteiger partial charge on any atom is 0.202 e. The van der Waals surface area contributed by atoms with Gasteiger partial charge in [-0.1, -0.05) is 19.1 Å². The molecule has 0 radical (unpaired) electrons. The largest absolute Gasteiger partial charge is 0.507 e. The van der Waals surface area contributed by atoms with Crippen molar-refractivity contribution in [1.29, 1.82) is 0 Å². The molecule has 0 bridgehead atoms. The summed E-state index contributed by atoms with van der Waals surface area (Å²) in [5.74, 6) is -4.24. The third kappa shape index (κ3) is 4.11. The molecule has 3 aliphatic rings. The summed E-state index contributed by atoms with van der Waals surface area (Å²) in [6, 6.07) is 3.82. The minimum Gasteiger partial charge on any atom is -0.507 e. The number of aliphatic hydroxyl groups excluding tert-OH is 2. The monoisotopic (exact) mass is 543 g/mol. The first kappa shape index (κ1) is 27.2. The lowest BCUT2D eigenvalue weighted by atomic mass is 9.72. The highest BCUT2D eigenvalue weighted by atomic mass is 16.7. The third-order valence-electron chi connectivity index (χ3n) is 7.94. The normalized spacial score (nSPS) is 29.8. The number of benzene rings is 2. The molecule has 12 heteroatoms. The highest BCUT2D eigenvalue weighted by molar-refractivity contribution is 6.31. The number of carbonyl (C=O) groups excluding carboxylic acids is 3. The SMILES string of the molecule is COc1cccc2c1C(=O)c1c(O)c3c(c(O)c1C2=O)CC(O)(C(=O)CO)CC3OC1CC(N)C(C)C(O)O1. The third-order valence-corrected chi connectivity index (χ3v) is 7.94. The molecule has 6 unspecified atom stereocenters. The van der Waals surface area contributed by atoms with Gasteiger partial charge in [0.15, 0.2) is 24.1 Å². The number of hydrogen-bond donors (Lipinski definition) is 6. The van der Waals surface area contributed by atoms with Gasteiger partial charge in [-0.2, -0.15) is 0 Å². The average molecular weight is 544 g/mol. The molecular weight excluding hydrogens is 514 g/mol. The molecule has 12 nitrogen and oxygen atoms in total. The molecule has 1 saturated heterocycles. The molecule has 1 fully saturated rings. The smallest absolute Gasteiger partial charge is 0.202 e. The molecule has 0 saturated carbocycles. The molecular formula is C27H29NO11. The predicted octanol–water partition coefficient (Wildman–Crippen LogP) is 0.206. The van der Waals surface area contributed by atoms with E-state index in [1.54, 1.807) is 6.92 Å². The van der Waals surface area contributed by atoms with Crippen LogP contribution >= 0.6 is 0 Å². The Morgan fingerprint density at radius 2 is 1.85 bits per heavy atom. The molecule has 0 amide bonds. The number of nitrogens with two attached hydrogens (primary N) is 1. The lowest BCUT2D eigenvalue weighted by Crippen LogP contribution is -2.50. The second kappa shape index (κ2) is 9.66. The fraction of sp³-hybridized carbons (Fsp3) is 0.444. The Balaban J connectivity index is 1.69. The summed E-state index contributed by atoms with van der Waals surface area (Å²) in [4.78, 5) is 39.7. The number of methoxy groups -OCH3 is 1. The predicted molar refractivity (Wildman–Crippen MR) is 131 cm³/mol. The van der Waals surface area contributed by atoms with Crippen LogP contribution < -0.4 is 10.5 Å². The van der Waals surface area contributed by atoms with Gasteiger partial charge in [0, 0.05) is 47.9 Å². The molecule has 208 valence electrons. The summed E-state index contributed by atoms with van der Waals surface area (Å²) < 4.78 is 16.7. The quantitative estimate of drug-likeness (QED) is 0.239. The number of ketones is 3. The second-order valence-electron chi connectivity index (χ2n) is 10.2. The van der Waals surface area contributed by atoms with Crippen molar-refractivity contribution in [2.45, 2.75) is 56.5 Å². The molecule has 2 aromatic carbocycles. The van der Waals surface area contributed by atoms with Crippen molar-refractivity contribution in [1.82, 2.24) is 0 Å². The van der Waals surface area contributed by atoms with Crippen molar-refractivity contribution in [2.75, 3.05) is 13.7 Å². The molecule has 39 heavy (non-hydrogen) atoms. The summed E-state index contributed by atoms with van der Waals surface area (Å²) in [5, 5.41) is 53.8. The first-order valence-corrected chi connectivity index (χ1v) is 12.4. The Bertz CT molecular complexity index is 1380. The second-order valence-corrected chi connectivity index (χ2v) is 10.2. The van der Waals surface area contributed by atoms with Gasteiger partial charge in [0.2, 0.25) is 5.78 Å². The van der Waals surface area contributed by atoms with Crippen LogP contribution in [0.5, 0.6) is 17.2 Å². The van der Waals surface area contributed by atoms with Crippen molar-refractivity contribution in [3.8, 4) is 17.2 Å². The maximum absolute atomic E-state index is 13.6. The lowest BCUT2D eigenvalue weighted by Gasteiger charge is -2.42. The van der Waals surface area contributed by atoms with Crippen LogP contribution in [0.2, 0.25) is 0 Å². The van der Waals surface area contributed by atoms with Crippen LogP contribution in [-0.4, -0.2) is 80.8 Å². The van der Waals surface area contributed by atoms with Gasteiger partial charge in [0.1, 0.15) is 29.5 Å². The molecule has 1 aliphatic heterocycles. The Morgan fingerprint density at radius 1 is 1.15 bits per heavy atom. The molecule has 0 spiro atoms. The zero-order valence-electron chi connectivity index (χ0n) is 21.2. The lowest BCUT2D eigenvalue weighted by molar-refractivity contribution is -0.289. The molecule has 7 N–H and O–H groups in total. The van der Waals surface area contributed by atoms with Crippen LogP contribution in [-0.2, 0) is 20.7 Å². The summed E-state index contributed by atoms with van der Waals surface area (Å²) >= 11 is 0. The molecule has 5 rings (SSSR count).